The molecule has 0 fully saturated rings. The van der Waals surface area contributed by atoms with Crippen molar-refractivity contribution in [3.8, 4) is 22.3 Å². The van der Waals surface area contributed by atoms with E-state index in [9.17, 15) is 22.8 Å². The molecule has 0 saturated heterocycles. The van der Waals surface area contributed by atoms with Crippen molar-refractivity contribution in [2.45, 2.75) is 33.1 Å². The third-order valence-corrected chi connectivity index (χ3v) is 6.21. The van der Waals surface area contributed by atoms with Crippen LogP contribution in [0.2, 0.25) is 0 Å². The lowest BCUT2D eigenvalue weighted by molar-refractivity contribution is -0.141. The van der Waals surface area contributed by atoms with Crippen molar-refractivity contribution in [1.82, 2.24) is 29.7 Å². The van der Waals surface area contributed by atoms with Gasteiger partial charge in [0, 0.05) is 30.8 Å². The van der Waals surface area contributed by atoms with E-state index in [4.69, 9.17) is 0 Å². The average Bonchev–Trinajstić information content (AvgIpc) is 3.22. The summed E-state index contributed by atoms with van der Waals surface area (Å²) in [5, 5.41) is 11.6. The molecule has 5 aromatic rings. The molecule has 0 unspecified atom stereocenters. The monoisotopic (exact) mass is 532 g/mol. The Hall–Kier alpha value is -4.80. The van der Waals surface area contributed by atoms with Crippen molar-refractivity contribution in [3.05, 3.63) is 106 Å². The highest BCUT2D eigenvalue weighted by atomic mass is 19.4. The molecular weight excluding hydrogens is 509 g/mol. The van der Waals surface area contributed by atoms with Crippen molar-refractivity contribution in [2.24, 2.45) is 0 Å². The van der Waals surface area contributed by atoms with E-state index in [2.05, 4.69) is 20.5 Å². The van der Waals surface area contributed by atoms with Gasteiger partial charge in [0.05, 0.1) is 12.7 Å². The Labute approximate surface area is 220 Å². The molecule has 0 spiro atoms. The highest BCUT2D eigenvalue weighted by molar-refractivity contribution is 5.91. The van der Waals surface area contributed by atoms with Gasteiger partial charge in [0.2, 0.25) is 5.91 Å². The maximum atomic E-state index is 13.2. The summed E-state index contributed by atoms with van der Waals surface area (Å²) in [5.41, 5.74) is 4.19. The van der Waals surface area contributed by atoms with E-state index in [0.717, 1.165) is 44.8 Å². The summed E-state index contributed by atoms with van der Waals surface area (Å²) in [6.07, 6.45) is -1.87. The minimum atomic E-state index is -4.55. The summed E-state index contributed by atoms with van der Waals surface area (Å²) in [6, 6.07) is 17.5. The normalized spacial score (nSPS) is 11.6. The van der Waals surface area contributed by atoms with Crippen LogP contribution in [0.3, 0.4) is 0 Å². The number of halogens is 3. The second kappa shape index (κ2) is 10.2. The predicted molar refractivity (Wildman–Crippen MR) is 139 cm³/mol. The zero-order valence-electron chi connectivity index (χ0n) is 21.0. The Bertz CT molecular complexity index is 1710. The lowest BCUT2D eigenvalue weighted by Crippen LogP contribution is -2.23. The summed E-state index contributed by atoms with van der Waals surface area (Å²) >= 11 is 0. The zero-order chi connectivity index (χ0) is 27.7. The number of benzene rings is 2. The number of hydrogen-bond donors (Lipinski definition) is 1. The molecular formula is C28H23F3N6O2. The summed E-state index contributed by atoms with van der Waals surface area (Å²) < 4.78 is 41.0. The number of aromatic nitrogens is 5. The summed E-state index contributed by atoms with van der Waals surface area (Å²) in [6.45, 7) is 3.73. The molecule has 0 saturated carbocycles. The van der Waals surface area contributed by atoms with E-state index >= 15 is 0 Å². The lowest BCUT2D eigenvalue weighted by atomic mass is 9.96. The number of fused-ring (bicyclic) bond motifs is 1. The first-order valence-corrected chi connectivity index (χ1v) is 12.0. The van der Waals surface area contributed by atoms with Crippen LogP contribution in [0.15, 0.2) is 77.9 Å². The van der Waals surface area contributed by atoms with E-state index in [1.807, 2.05) is 55.5 Å². The molecule has 1 amide bonds. The van der Waals surface area contributed by atoms with E-state index in [-0.39, 0.29) is 12.5 Å². The molecule has 3 heterocycles. The number of carbonyl (C=O) groups excluding carboxylic acids is 1. The smallest absolute Gasteiger partial charge is 0.352 e. The minimum Gasteiger partial charge on any atom is -0.352 e. The second-order valence-electron chi connectivity index (χ2n) is 9.13. The average molecular weight is 533 g/mol. The lowest BCUT2D eigenvalue weighted by Gasteiger charge is -2.12. The van der Waals surface area contributed by atoms with Crippen LogP contribution in [-0.2, 0) is 24.1 Å². The maximum Gasteiger partial charge on any atom is 0.433 e. The van der Waals surface area contributed by atoms with Gasteiger partial charge in [0.1, 0.15) is 5.69 Å². The van der Waals surface area contributed by atoms with Gasteiger partial charge in [0.25, 0.3) is 0 Å². The number of rotatable bonds is 6. The second-order valence-corrected chi connectivity index (χ2v) is 9.13. The zero-order valence-corrected chi connectivity index (χ0v) is 21.0. The predicted octanol–water partition coefficient (Wildman–Crippen LogP) is 4.63. The van der Waals surface area contributed by atoms with Crippen LogP contribution in [-0.4, -0.2) is 30.3 Å². The van der Waals surface area contributed by atoms with Gasteiger partial charge in [0.15, 0.2) is 5.65 Å². The van der Waals surface area contributed by atoms with Gasteiger partial charge in [-0.05, 0) is 35.2 Å². The van der Waals surface area contributed by atoms with Crippen molar-refractivity contribution in [1.29, 1.82) is 0 Å². The van der Waals surface area contributed by atoms with E-state index < -0.39 is 17.6 Å². The number of amides is 1. The molecule has 0 radical (unpaired) electrons. The van der Waals surface area contributed by atoms with Crippen LogP contribution in [0, 0.1) is 6.92 Å². The quantitative estimate of drug-likeness (QED) is 0.344. The van der Waals surface area contributed by atoms with E-state index in [1.54, 1.807) is 6.20 Å². The third kappa shape index (κ3) is 5.42. The SMILES string of the molecule is CC(=O)NCc1ccc(-c2c(-c3ccc(C)cc3)cnn3c(=O)n(Cc4ccc(C(F)(F)F)nc4)nc23)cc1. The highest BCUT2D eigenvalue weighted by Crippen LogP contribution is 2.34. The third-order valence-electron chi connectivity index (χ3n) is 6.21. The number of pyridine rings is 1. The number of aryl methyl sites for hydroxylation is 1. The summed E-state index contributed by atoms with van der Waals surface area (Å²) in [5.74, 6) is -0.135. The molecule has 0 aliphatic carbocycles. The van der Waals surface area contributed by atoms with Gasteiger partial charge < -0.3 is 5.32 Å². The van der Waals surface area contributed by atoms with Crippen LogP contribution < -0.4 is 11.0 Å². The van der Waals surface area contributed by atoms with Crippen LogP contribution >= 0.6 is 0 Å². The topological polar surface area (TPSA) is 94.2 Å². The Morgan fingerprint density at radius 3 is 2.21 bits per heavy atom. The van der Waals surface area contributed by atoms with Gasteiger partial charge in [-0.1, -0.05) is 60.2 Å². The van der Waals surface area contributed by atoms with Gasteiger partial charge >= 0.3 is 11.9 Å². The summed E-state index contributed by atoms with van der Waals surface area (Å²) in [4.78, 5) is 28.0. The van der Waals surface area contributed by atoms with Crippen molar-refractivity contribution < 1.29 is 18.0 Å². The van der Waals surface area contributed by atoms with E-state index in [1.165, 1.54) is 17.5 Å². The Balaban J connectivity index is 1.61. The molecule has 11 heteroatoms. The Morgan fingerprint density at radius 2 is 1.59 bits per heavy atom. The molecule has 0 bridgehead atoms. The largest absolute Gasteiger partial charge is 0.433 e. The minimum absolute atomic E-state index is 0.0811. The van der Waals surface area contributed by atoms with Crippen LogP contribution in [0.4, 0.5) is 13.2 Å². The molecule has 3 aromatic heterocycles. The van der Waals surface area contributed by atoms with Crippen LogP contribution in [0.1, 0.15) is 29.3 Å². The molecule has 198 valence electrons. The fraction of sp³-hybridized carbons (Fsp3) is 0.179. The van der Waals surface area contributed by atoms with Crippen molar-refractivity contribution >= 4 is 11.6 Å². The molecule has 0 atom stereocenters. The number of nitrogens with one attached hydrogen (secondary N) is 1. The summed E-state index contributed by atoms with van der Waals surface area (Å²) in [7, 11) is 0. The Morgan fingerprint density at radius 1 is 0.923 bits per heavy atom. The fourth-order valence-corrected chi connectivity index (χ4v) is 4.17. The highest BCUT2D eigenvalue weighted by Gasteiger charge is 2.32. The first-order valence-electron chi connectivity index (χ1n) is 12.0. The number of hydrogen-bond acceptors (Lipinski definition) is 5. The van der Waals surface area contributed by atoms with Gasteiger partial charge in [-0.15, -0.1) is 5.10 Å². The first-order chi connectivity index (χ1) is 18.6. The standard InChI is InChI=1S/C28H23F3N6O2/c1-17-3-8-21(9-4-17)23-15-34-37-26(25(23)22-10-5-19(6-11-22)13-32-18(2)38)35-36(27(37)39)16-20-7-12-24(33-14-20)28(29,30)31/h3-12,14-15H,13,16H2,1-2H3,(H,32,38). The number of alkyl halides is 3. The molecule has 1 N–H and O–H groups in total. The molecule has 5 rings (SSSR count). The number of nitrogens with zero attached hydrogens (tertiary/aromatic N) is 5. The molecule has 0 aliphatic rings. The van der Waals surface area contributed by atoms with Crippen LogP contribution in [0.25, 0.3) is 27.9 Å². The van der Waals surface area contributed by atoms with Gasteiger partial charge in [-0.3, -0.25) is 9.78 Å². The molecule has 39 heavy (non-hydrogen) atoms. The van der Waals surface area contributed by atoms with Crippen molar-refractivity contribution in [3.63, 3.8) is 0 Å². The van der Waals surface area contributed by atoms with Crippen LogP contribution in [0.5, 0.6) is 0 Å². The van der Waals surface area contributed by atoms with E-state index in [0.29, 0.717) is 23.3 Å². The van der Waals surface area contributed by atoms with Gasteiger partial charge in [-0.25, -0.2) is 9.48 Å². The number of carbonyl (C=O) groups is 1. The first kappa shape index (κ1) is 25.8. The van der Waals surface area contributed by atoms with Gasteiger partial charge in [-0.2, -0.15) is 22.8 Å². The molecule has 8 nitrogen and oxygen atoms in total. The maximum absolute atomic E-state index is 13.2. The molecule has 0 aliphatic heterocycles. The van der Waals surface area contributed by atoms with Crippen molar-refractivity contribution in [2.75, 3.05) is 0 Å². The Kier molecular flexibility index (Phi) is 6.73. The molecule has 2 aromatic carbocycles. The fourth-order valence-electron chi connectivity index (χ4n) is 4.17.